The maximum atomic E-state index is 12.8. The van der Waals surface area contributed by atoms with Gasteiger partial charge in [-0.3, -0.25) is 14.4 Å². The first-order valence-electron chi connectivity index (χ1n) is 27.4. The monoisotopic (exact) mass is 929 g/mol. The first-order valence-corrected chi connectivity index (χ1v) is 27.4. The zero-order chi connectivity index (χ0) is 48.6. The van der Waals surface area contributed by atoms with Crippen LogP contribution in [0.25, 0.3) is 0 Å². The number of ether oxygens (including phenoxy) is 3. The van der Waals surface area contributed by atoms with Crippen LogP contribution in [0.2, 0.25) is 0 Å². The average Bonchev–Trinajstić information content (AvgIpc) is 3.33. The molecule has 0 heterocycles. The summed E-state index contributed by atoms with van der Waals surface area (Å²) < 4.78 is 16.8. The van der Waals surface area contributed by atoms with E-state index in [-0.39, 0.29) is 31.1 Å². The number of carbonyl (C=O) groups is 3. The quantitative estimate of drug-likeness (QED) is 0.0199. The van der Waals surface area contributed by atoms with Crippen molar-refractivity contribution >= 4 is 17.9 Å². The summed E-state index contributed by atoms with van der Waals surface area (Å²) in [6.45, 7) is 6.34. The minimum atomic E-state index is -0.802. The highest BCUT2D eigenvalue weighted by Crippen LogP contribution is 2.14. The third-order valence-electron chi connectivity index (χ3n) is 11.3. The van der Waals surface area contributed by atoms with Crippen molar-refractivity contribution in [3.05, 3.63) is 109 Å². The summed E-state index contributed by atoms with van der Waals surface area (Å²) in [4.78, 5) is 38.1. The number of esters is 3. The molecule has 0 aromatic carbocycles. The molecule has 380 valence electrons. The zero-order valence-corrected chi connectivity index (χ0v) is 43.4. The van der Waals surface area contributed by atoms with Gasteiger partial charge in [0, 0.05) is 19.3 Å². The third kappa shape index (κ3) is 52.9. The van der Waals surface area contributed by atoms with Gasteiger partial charge < -0.3 is 14.2 Å². The van der Waals surface area contributed by atoms with Crippen molar-refractivity contribution in [2.75, 3.05) is 13.2 Å². The van der Waals surface area contributed by atoms with E-state index in [1.165, 1.54) is 83.5 Å². The standard InChI is InChI=1S/C61H100O6/c1-4-7-10-13-16-19-22-25-28-29-30-31-34-36-39-42-45-48-51-54-60(63)66-57-58(67-61(64)55-52-49-46-43-40-37-33-27-24-21-18-15-12-9-6-3)56-65-59(62)53-50-47-44-41-38-35-32-26-23-20-17-14-11-8-5-2/h7,9-10,12,15-16,18-21,23-25,28,30-31,36,39,58H,4-6,8,11,13-14,17,22,26-27,29,32-35,37-38,40-57H2,1-3H3/b10-7-,12-9-,18-15-,19-16-,23-20-,24-21-,28-25-,31-30-,39-36-. The minimum absolute atomic E-state index is 0.0976. The van der Waals surface area contributed by atoms with Crippen LogP contribution < -0.4 is 0 Å². The van der Waals surface area contributed by atoms with Crippen LogP contribution in [0.15, 0.2) is 109 Å². The lowest BCUT2D eigenvalue weighted by molar-refractivity contribution is -0.167. The predicted molar refractivity (Wildman–Crippen MR) is 288 cm³/mol. The highest BCUT2D eigenvalue weighted by molar-refractivity contribution is 5.71. The van der Waals surface area contributed by atoms with E-state index in [1.54, 1.807) is 0 Å². The van der Waals surface area contributed by atoms with Gasteiger partial charge in [-0.2, -0.15) is 0 Å². The van der Waals surface area contributed by atoms with E-state index in [9.17, 15) is 14.4 Å². The highest BCUT2D eigenvalue weighted by atomic mass is 16.6. The van der Waals surface area contributed by atoms with Gasteiger partial charge in [0.1, 0.15) is 13.2 Å². The van der Waals surface area contributed by atoms with Crippen LogP contribution in [0.1, 0.15) is 239 Å². The molecule has 0 fully saturated rings. The van der Waals surface area contributed by atoms with Gasteiger partial charge in [0.2, 0.25) is 0 Å². The van der Waals surface area contributed by atoms with Crippen LogP contribution in [0.3, 0.4) is 0 Å². The summed E-state index contributed by atoms with van der Waals surface area (Å²) in [5.74, 6) is -0.949. The van der Waals surface area contributed by atoms with Crippen LogP contribution in [-0.4, -0.2) is 37.2 Å². The Hall–Kier alpha value is -3.93. The van der Waals surface area contributed by atoms with Crippen LogP contribution in [0.4, 0.5) is 0 Å². The third-order valence-corrected chi connectivity index (χ3v) is 11.3. The lowest BCUT2D eigenvalue weighted by atomic mass is 10.1. The number of hydrogen-bond donors (Lipinski definition) is 0. The van der Waals surface area contributed by atoms with Crippen molar-refractivity contribution in [1.82, 2.24) is 0 Å². The minimum Gasteiger partial charge on any atom is -0.462 e. The van der Waals surface area contributed by atoms with E-state index >= 15 is 0 Å². The molecule has 0 saturated heterocycles. The molecule has 6 heteroatoms. The molecule has 0 aliphatic rings. The van der Waals surface area contributed by atoms with Crippen molar-refractivity contribution in [3.8, 4) is 0 Å². The molecule has 0 bridgehead atoms. The summed E-state index contributed by atoms with van der Waals surface area (Å²) in [6.07, 6.45) is 73.5. The second-order valence-corrected chi connectivity index (χ2v) is 17.8. The maximum Gasteiger partial charge on any atom is 0.306 e. The number of carbonyl (C=O) groups excluding carboxylic acids is 3. The summed E-state index contributed by atoms with van der Waals surface area (Å²) in [5.41, 5.74) is 0. The van der Waals surface area contributed by atoms with Gasteiger partial charge in [-0.25, -0.2) is 0 Å². The second-order valence-electron chi connectivity index (χ2n) is 17.8. The Morgan fingerprint density at radius 2 is 0.657 bits per heavy atom. The molecule has 0 aromatic rings. The van der Waals surface area contributed by atoms with Crippen LogP contribution in [-0.2, 0) is 28.6 Å². The van der Waals surface area contributed by atoms with Gasteiger partial charge in [0.05, 0.1) is 0 Å². The number of hydrogen-bond acceptors (Lipinski definition) is 6. The normalized spacial score (nSPS) is 12.9. The van der Waals surface area contributed by atoms with E-state index in [2.05, 4.69) is 130 Å². The molecule has 0 saturated carbocycles. The predicted octanol–water partition coefficient (Wildman–Crippen LogP) is 18.3. The molecule has 67 heavy (non-hydrogen) atoms. The van der Waals surface area contributed by atoms with E-state index in [0.29, 0.717) is 19.3 Å². The first-order chi connectivity index (χ1) is 33.0. The summed E-state index contributed by atoms with van der Waals surface area (Å²) in [6, 6.07) is 0. The van der Waals surface area contributed by atoms with E-state index in [1.807, 2.05) is 0 Å². The molecule has 0 rings (SSSR count). The molecular weight excluding hydrogens is 829 g/mol. The Morgan fingerprint density at radius 3 is 1.10 bits per heavy atom. The van der Waals surface area contributed by atoms with E-state index in [4.69, 9.17) is 14.2 Å². The summed E-state index contributed by atoms with van der Waals surface area (Å²) in [5, 5.41) is 0. The van der Waals surface area contributed by atoms with Gasteiger partial charge in [-0.05, 0) is 109 Å². The molecular formula is C61H100O6. The highest BCUT2D eigenvalue weighted by Gasteiger charge is 2.19. The lowest BCUT2D eigenvalue weighted by Crippen LogP contribution is -2.30. The molecule has 0 spiro atoms. The van der Waals surface area contributed by atoms with Crippen molar-refractivity contribution in [1.29, 1.82) is 0 Å². The van der Waals surface area contributed by atoms with Crippen molar-refractivity contribution < 1.29 is 28.6 Å². The molecule has 1 atom stereocenters. The summed E-state index contributed by atoms with van der Waals surface area (Å²) >= 11 is 0. The molecule has 0 aliphatic heterocycles. The molecule has 6 nitrogen and oxygen atoms in total. The van der Waals surface area contributed by atoms with E-state index < -0.39 is 6.10 Å². The average molecular weight is 929 g/mol. The number of allylic oxidation sites excluding steroid dienone is 18. The van der Waals surface area contributed by atoms with Crippen LogP contribution in [0.5, 0.6) is 0 Å². The Labute approximate surface area is 412 Å². The molecule has 0 amide bonds. The van der Waals surface area contributed by atoms with Gasteiger partial charge in [0.25, 0.3) is 0 Å². The Morgan fingerprint density at radius 1 is 0.328 bits per heavy atom. The second kappa shape index (κ2) is 54.7. The topological polar surface area (TPSA) is 78.9 Å². The fourth-order valence-corrected chi connectivity index (χ4v) is 7.23. The largest absolute Gasteiger partial charge is 0.462 e. The molecule has 1 unspecified atom stereocenters. The Kier molecular flexibility index (Phi) is 51.5. The molecule has 0 N–H and O–H groups in total. The van der Waals surface area contributed by atoms with Crippen LogP contribution in [0, 0.1) is 0 Å². The fraction of sp³-hybridized carbons (Fsp3) is 0.656. The number of rotatable bonds is 48. The van der Waals surface area contributed by atoms with Crippen molar-refractivity contribution in [2.45, 2.75) is 245 Å². The zero-order valence-electron chi connectivity index (χ0n) is 43.4. The maximum absolute atomic E-state index is 12.8. The molecule has 0 aliphatic carbocycles. The first kappa shape index (κ1) is 63.1. The molecule has 0 radical (unpaired) electrons. The summed E-state index contributed by atoms with van der Waals surface area (Å²) in [7, 11) is 0. The van der Waals surface area contributed by atoms with Gasteiger partial charge in [-0.15, -0.1) is 0 Å². The Balaban J connectivity index is 4.48. The van der Waals surface area contributed by atoms with Crippen LogP contribution >= 0.6 is 0 Å². The van der Waals surface area contributed by atoms with Gasteiger partial charge in [-0.1, -0.05) is 220 Å². The van der Waals surface area contributed by atoms with Crippen molar-refractivity contribution in [3.63, 3.8) is 0 Å². The Bertz CT molecular complexity index is 1390. The van der Waals surface area contributed by atoms with Gasteiger partial charge in [0.15, 0.2) is 6.10 Å². The van der Waals surface area contributed by atoms with Crippen molar-refractivity contribution in [2.24, 2.45) is 0 Å². The SMILES string of the molecule is CC\C=C/C=C\C=C/CCCCCCCCCC(=O)OC(COC(=O)CCCCC/C=C\C/C=C\C/C=C\C/C=C\C/C=C\CC)COC(=O)CCCCCCCCC/C=C\CCCCCC. The fourth-order valence-electron chi connectivity index (χ4n) is 7.23. The smallest absolute Gasteiger partial charge is 0.306 e. The molecule has 0 aromatic heterocycles. The lowest BCUT2D eigenvalue weighted by Gasteiger charge is -2.18. The van der Waals surface area contributed by atoms with Gasteiger partial charge >= 0.3 is 17.9 Å². The van der Waals surface area contributed by atoms with E-state index in [0.717, 1.165) is 116 Å². The number of unbranched alkanes of at least 4 members (excludes halogenated alkanes) is 21.